The molecule has 5 heteroatoms. The summed E-state index contributed by atoms with van der Waals surface area (Å²) in [4.78, 5) is 14.9. The van der Waals surface area contributed by atoms with Gasteiger partial charge in [0.15, 0.2) is 0 Å². The number of para-hydroxylation sites is 1. The van der Waals surface area contributed by atoms with Crippen molar-refractivity contribution >= 4 is 5.91 Å². The molecule has 2 aliphatic rings. The standard InChI is InChI=1S/C28H29FN2O2/c1-33-26-10-5-4-9-24(26)23-8-3-2-7-21(23)17-31-18-25(20-12-14-22(29)15-13-20)28(19-31)16-6-11-27(32)30-28/h2-5,7-10,12-15,25H,6,11,16-19H2,1H3,(H,30,32)/t25-,28+/m0/s1. The highest BCUT2D eigenvalue weighted by atomic mass is 19.1. The zero-order chi connectivity index (χ0) is 22.8. The first-order valence-corrected chi connectivity index (χ1v) is 11.6. The SMILES string of the molecule is COc1ccccc1-c1ccccc1CN1C[C@@H](c2ccc(F)cc2)[C@@]2(CCCC(=O)N2)C1. The summed E-state index contributed by atoms with van der Waals surface area (Å²) in [6.07, 6.45) is 2.40. The number of benzene rings is 3. The van der Waals surface area contributed by atoms with E-state index in [1.807, 2.05) is 30.3 Å². The molecule has 1 spiro atoms. The lowest BCUT2D eigenvalue weighted by Crippen LogP contribution is -2.56. The van der Waals surface area contributed by atoms with Crippen LogP contribution in [0.4, 0.5) is 4.39 Å². The summed E-state index contributed by atoms with van der Waals surface area (Å²) in [6.45, 7) is 2.36. The monoisotopic (exact) mass is 444 g/mol. The van der Waals surface area contributed by atoms with Crippen molar-refractivity contribution in [3.8, 4) is 16.9 Å². The topological polar surface area (TPSA) is 41.6 Å². The molecule has 2 fully saturated rings. The van der Waals surface area contributed by atoms with Crippen molar-refractivity contribution in [3.05, 3.63) is 89.7 Å². The molecule has 3 aromatic rings. The first-order valence-electron chi connectivity index (χ1n) is 11.6. The number of amides is 1. The van der Waals surface area contributed by atoms with E-state index in [9.17, 15) is 9.18 Å². The van der Waals surface area contributed by atoms with Crippen molar-refractivity contribution in [2.24, 2.45) is 0 Å². The Morgan fingerprint density at radius 1 is 1.03 bits per heavy atom. The summed E-state index contributed by atoms with van der Waals surface area (Å²) in [5.41, 5.74) is 4.22. The van der Waals surface area contributed by atoms with Crippen molar-refractivity contribution in [3.63, 3.8) is 0 Å². The molecule has 170 valence electrons. The van der Waals surface area contributed by atoms with Crippen molar-refractivity contribution < 1.29 is 13.9 Å². The minimum absolute atomic E-state index is 0.115. The second kappa shape index (κ2) is 8.99. The Morgan fingerprint density at radius 3 is 2.52 bits per heavy atom. The maximum absolute atomic E-state index is 13.6. The van der Waals surface area contributed by atoms with Crippen molar-refractivity contribution in [1.82, 2.24) is 10.2 Å². The number of nitrogens with zero attached hydrogens (tertiary/aromatic N) is 1. The van der Waals surface area contributed by atoms with Gasteiger partial charge in [-0.05, 0) is 47.7 Å². The van der Waals surface area contributed by atoms with Crippen LogP contribution in [0.2, 0.25) is 0 Å². The third-order valence-corrected chi connectivity index (χ3v) is 7.11. The first kappa shape index (κ1) is 21.7. The normalized spacial score (nSPS) is 23.0. The largest absolute Gasteiger partial charge is 0.496 e. The number of rotatable bonds is 5. The Labute approximate surface area is 194 Å². The molecule has 0 aromatic heterocycles. The molecule has 0 bridgehead atoms. The van der Waals surface area contributed by atoms with E-state index in [1.165, 1.54) is 17.7 Å². The number of carbonyl (C=O) groups excluding carboxylic acids is 1. The number of hydrogen-bond acceptors (Lipinski definition) is 3. The average Bonchev–Trinajstić information content (AvgIpc) is 3.16. The van der Waals surface area contributed by atoms with Gasteiger partial charge >= 0.3 is 0 Å². The number of hydrogen-bond donors (Lipinski definition) is 1. The van der Waals surface area contributed by atoms with Crippen LogP contribution in [0.5, 0.6) is 5.75 Å². The molecule has 2 aliphatic heterocycles. The lowest BCUT2D eigenvalue weighted by molar-refractivity contribution is -0.125. The van der Waals surface area contributed by atoms with Gasteiger partial charge in [-0.25, -0.2) is 4.39 Å². The van der Waals surface area contributed by atoms with Crippen LogP contribution in [0.1, 0.15) is 36.3 Å². The van der Waals surface area contributed by atoms with Gasteiger partial charge in [0.2, 0.25) is 5.91 Å². The van der Waals surface area contributed by atoms with Crippen molar-refractivity contribution in [1.29, 1.82) is 0 Å². The Bertz CT molecular complexity index is 1150. The maximum atomic E-state index is 13.6. The molecule has 33 heavy (non-hydrogen) atoms. The lowest BCUT2D eigenvalue weighted by atomic mass is 9.76. The lowest BCUT2D eigenvalue weighted by Gasteiger charge is -2.39. The molecule has 1 N–H and O–H groups in total. The van der Waals surface area contributed by atoms with Gasteiger partial charge in [-0.3, -0.25) is 9.69 Å². The van der Waals surface area contributed by atoms with Gasteiger partial charge in [-0.15, -0.1) is 0 Å². The van der Waals surface area contributed by atoms with Crippen LogP contribution in [0.3, 0.4) is 0 Å². The van der Waals surface area contributed by atoms with Crippen LogP contribution < -0.4 is 10.1 Å². The minimum atomic E-state index is -0.313. The van der Waals surface area contributed by atoms with Crippen molar-refractivity contribution in [2.75, 3.05) is 20.2 Å². The van der Waals surface area contributed by atoms with Gasteiger partial charge in [0, 0.05) is 37.5 Å². The van der Waals surface area contributed by atoms with Gasteiger partial charge in [0.1, 0.15) is 11.6 Å². The number of carbonyl (C=O) groups is 1. The van der Waals surface area contributed by atoms with Crippen molar-refractivity contribution in [2.45, 2.75) is 37.3 Å². The summed E-state index contributed by atoms with van der Waals surface area (Å²) >= 11 is 0. The fraction of sp³-hybridized carbons (Fsp3) is 0.321. The maximum Gasteiger partial charge on any atom is 0.220 e. The molecule has 4 nitrogen and oxygen atoms in total. The molecule has 0 radical (unpaired) electrons. The van der Waals surface area contributed by atoms with E-state index in [0.29, 0.717) is 6.42 Å². The molecule has 2 atom stereocenters. The summed E-state index contributed by atoms with van der Waals surface area (Å²) < 4.78 is 19.2. The third kappa shape index (κ3) is 4.25. The van der Waals surface area contributed by atoms with E-state index < -0.39 is 0 Å². The van der Waals surface area contributed by atoms with Crippen LogP contribution >= 0.6 is 0 Å². The van der Waals surface area contributed by atoms with Crippen LogP contribution in [0, 0.1) is 5.82 Å². The predicted octanol–water partition coefficient (Wildman–Crippen LogP) is 5.14. The van der Waals surface area contributed by atoms with E-state index in [-0.39, 0.29) is 23.2 Å². The van der Waals surface area contributed by atoms with Gasteiger partial charge in [0.25, 0.3) is 0 Å². The van der Waals surface area contributed by atoms with Gasteiger partial charge in [-0.1, -0.05) is 54.6 Å². The average molecular weight is 445 g/mol. The predicted molar refractivity (Wildman–Crippen MR) is 128 cm³/mol. The molecule has 0 aliphatic carbocycles. The second-order valence-electron chi connectivity index (χ2n) is 9.19. The molecular formula is C28H29FN2O2. The molecule has 5 rings (SSSR count). The summed E-state index contributed by atoms with van der Waals surface area (Å²) in [5, 5.41) is 3.34. The number of ether oxygens (including phenoxy) is 1. The highest BCUT2D eigenvalue weighted by molar-refractivity contribution is 5.78. The highest BCUT2D eigenvalue weighted by Crippen LogP contribution is 2.42. The van der Waals surface area contributed by atoms with Gasteiger partial charge in [0.05, 0.1) is 12.6 Å². The van der Waals surface area contributed by atoms with Crippen LogP contribution in [-0.2, 0) is 11.3 Å². The van der Waals surface area contributed by atoms with Gasteiger partial charge in [-0.2, -0.15) is 0 Å². The van der Waals surface area contributed by atoms with E-state index in [4.69, 9.17) is 4.74 Å². The van der Waals surface area contributed by atoms with E-state index in [0.717, 1.165) is 54.9 Å². The molecule has 1 amide bonds. The molecule has 3 aromatic carbocycles. The minimum Gasteiger partial charge on any atom is -0.496 e. The Hall–Kier alpha value is -3.18. The molecule has 2 heterocycles. The number of piperidine rings is 1. The smallest absolute Gasteiger partial charge is 0.220 e. The number of likely N-dealkylation sites (tertiary alicyclic amines) is 1. The fourth-order valence-corrected chi connectivity index (χ4v) is 5.62. The zero-order valence-electron chi connectivity index (χ0n) is 18.9. The molecule has 0 unspecified atom stereocenters. The Balaban J connectivity index is 1.47. The Morgan fingerprint density at radius 2 is 1.76 bits per heavy atom. The van der Waals surface area contributed by atoms with Crippen LogP contribution in [-0.4, -0.2) is 36.5 Å². The summed E-state index contributed by atoms with van der Waals surface area (Å²) in [6, 6.07) is 23.3. The molecular weight excluding hydrogens is 415 g/mol. The first-order chi connectivity index (χ1) is 16.1. The molecule has 2 saturated heterocycles. The summed E-state index contributed by atoms with van der Waals surface area (Å²) in [5.74, 6) is 0.859. The van der Waals surface area contributed by atoms with Gasteiger partial charge < -0.3 is 10.1 Å². The third-order valence-electron chi connectivity index (χ3n) is 7.11. The second-order valence-corrected chi connectivity index (χ2v) is 9.19. The van der Waals surface area contributed by atoms with Crippen LogP contribution in [0.15, 0.2) is 72.8 Å². The number of halogens is 1. The quantitative estimate of drug-likeness (QED) is 0.593. The fourth-order valence-electron chi connectivity index (χ4n) is 5.62. The molecule has 0 saturated carbocycles. The van der Waals surface area contributed by atoms with E-state index >= 15 is 0 Å². The van der Waals surface area contributed by atoms with E-state index in [1.54, 1.807) is 7.11 Å². The highest BCUT2D eigenvalue weighted by Gasteiger charge is 2.49. The number of methoxy groups -OCH3 is 1. The zero-order valence-corrected chi connectivity index (χ0v) is 18.9. The van der Waals surface area contributed by atoms with E-state index in [2.05, 4.69) is 40.5 Å². The summed E-state index contributed by atoms with van der Waals surface area (Å²) in [7, 11) is 1.70. The number of nitrogens with one attached hydrogen (secondary N) is 1. The van der Waals surface area contributed by atoms with Crippen LogP contribution in [0.25, 0.3) is 11.1 Å². The Kier molecular flexibility index (Phi) is 5.90.